The lowest BCUT2D eigenvalue weighted by atomic mass is 9.97. The second-order valence-electron chi connectivity index (χ2n) is 7.98. The summed E-state index contributed by atoms with van der Waals surface area (Å²) in [5.41, 5.74) is 0.996. The van der Waals surface area contributed by atoms with E-state index >= 15 is 0 Å². The Hall–Kier alpha value is -0.713. The van der Waals surface area contributed by atoms with Crippen LogP contribution in [0.15, 0.2) is 36.4 Å². The van der Waals surface area contributed by atoms with E-state index in [9.17, 15) is 9.67 Å². The van der Waals surface area contributed by atoms with Crippen LogP contribution < -0.4 is 0 Å². The molecule has 0 saturated carbocycles. The summed E-state index contributed by atoms with van der Waals surface area (Å²) in [6, 6.07) is 9.88. The molecule has 0 aromatic heterocycles. The van der Waals surface area contributed by atoms with Gasteiger partial charge >= 0.3 is 7.60 Å². The Labute approximate surface area is 166 Å². The van der Waals surface area contributed by atoms with Crippen molar-refractivity contribution < 1.29 is 18.7 Å². The Bertz CT molecular complexity index is 631. The molecule has 27 heavy (non-hydrogen) atoms. The highest BCUT2D eigenvalue weighted by atomic mass is 31.2. The third kappa shape index (κ3) is 5.21. The van der Waals surface area contributed by atoms with Crippen LogP contribution in [0.3, 0.4) is 0 Å². The van der Waals surface area contributed by atoms with Crippen LogP contribution in [0.2, 0.25) is 19.6 Å². The van der Waals surface area contributed by atoms with Crippen LogP contribution in [0.4, 0.5) is 0 Å². The molecule has 3 unspecified atom stereocenters. The van der Waals surface area contributed by atoms with Crippen molar-refractivity contribution in [3.63, 3.8) is 0 Å². The first kappa shape index (κ1) is 24.3. The standard InChI is InChI=1S/C21H37O4PSi/c1-8-18(4)20(22)21(27(5,6)7,26(23,24-9-2)25-10-3)17-16-19-14-12-11-13-15-19/h11-18,20,22H,8-10H2,1-7H3/b17-16+. The molecule has 1 aromatic rings. The Morgan fingerprint density at radius 1 is 1.11 bits per heavy atom. The Morgan fingerprint density at radius 3 is 2.04 bits per heavy atom. The molecule has 154 valence electrons. The molecule has 6 heteroatoms. The molecule has 0 bridgehead atoms. The number of hydrogen-bond donors (Lipinski definition) is 1. The zero-order valence-electron chi connectivity index (χ0n) is 17.9. The van der Waals surface area contributed by atoms with Crippen molar-refractivity contribution in [2.24, 2.45) is 5.92 Å². The van der Waals surface area contributed by atoms with Gasteiger partial charge in [0.05, 0.1) is 27.4 Å². The second kappa shape index (κ2) is 10.2. The summed E-state index contributed by atoms with van der Waals surface area (Å²) in [4.78, 5) is 0. The van der Waals surface area contributed by atoms with Crippen molar-refractivity contribution in [2.45, 2.75) is 64.6 Å². The fourth-order valence-corrected chi connectivity index (χ4v) is 10.9. The summed E-state index contributed by atoms with van der Waals surface area (Å²) in [5.74, 6) is -0.0358. The molecule has 0 amide bonds. The van der Waals surface area contributed by atoms with Gasteiger partial charge in [-0.2, -0.15) is 0 Å². The predicted molar refractivity (Wildman–Crippen MR) is 118 cm³/mol. The lowest BCUT2D eigenvalue weighted by Gasteiger charge is -2.49. The van der Waals surface area contributed by atoms with E-state index < -0.39 is 26.6 Å². The van der Waals surface area contributed by atoms with Crippen LogP contribution in [0.25, 0.3) is 6.08 Å². The van der Waals surface area contributed by atoms with Crippen LogP contribution in [-0.4, -0.2) is 37.3 Å². The summed E-state index contributed by atoms with van der Waals surface area (Å²) >= 11 is 0. The van der Waals surface area contributed by atoms with E-state index in [1.807, 2.05) is 70.2 Å². The van der Waals surface area contributed by atoms with E-state index in [0.717, 1.165) is 12.0 Å². The van der Waals surface area contributed by atoms with E-state index in [4.69, 9.17) is 9.05 Å². The van der Waals surface area contributed by atoms with Crippen LogP contribution in [0.5, 0.6) is 0 Å². The van der Waals surface area contributed by atoms with Crippen molar-refractivity contribution in [2.75, 3.05) is 13.2 Å². The van der Waals surface area contributed by atoms with Gasteiger partial charge in [0.15, 0.2) is 0 Å². The lowest BCUT2D eigenvalue weighted by molar-refractivity contribution is 0.0885. The third-order valence-electron chi connectivity index (χ3n) is 5.22. The molecular formula is C21H37O4PSi. The fraction of sp³-hybridized carbons (Fsp3) is 0.619. The summed E-state index contributed by atoms with van der Waals surface area (Å²) in [6.45, 7) is 14.6. The minimum Gasteiger partial charge on any atom is -0.392 e. The molecule has 0 heterocycles. The summed E-state index contributed by atoms with van der Waals surface area (Å²) in [7, 11) is -5.91. The van der Waals surface area contributed by atoms with E-state index in [1.54, 1.807) is 0 Å². The van der Waals surface area contributed by atoms with Crippen LogP contribution in [-0.2, 0) is 13.6 Å². The summed E-state index contributed by atoms with van der Waals surface area (Å²) in [5, 5.41) is 11.5. The molecule has 3 atom stereocenters. The topological polar surface area (TPSA) is 55.8 Å². The van der Waals surface area contributed by atoms with Gasteiger partial charge in [0.2, 0.25) is 0 Å². The van der Waals surface area contributed by atoms with Gasteiger partial charge in [0, 0.05) is 0 Å². The third-order valence-corrected chi connectivity index (χ3v) is 13.4. The van der Waals surface area contributed by atoms with Gasteiger partial charge in [0.1, 0.15) is 4.78 Å². The highest BCUT2D eigenvalue weighted by Crippen LogP contribution is 2.66. The summed E-state index contributed by atoms with van der Waals surface area (Å²) in [6.07, 6.45) is 3.84. The Balaban J connectivity index is 3.73. The molecule has 1 aromatic carbocycles. The van der Waals surface area contributed by atoms with Gasteiger partial charge in [0.25, 0.3) is 0 Å². The first-order valence-corrected chi connectivity index (χ1v) is 14.9. The molecule has 0 spiro atoms. The fourth-order valence-electron chi connectivity index (χ4n) is 3.49. The number of aliphatic hydroxyl groups excluding tert-OH is 1. The van der Waals surface area contributed by atoms with E-state index in [-0.39, 0.29) is 19.1 Å². The number of hydrogen-bond acceptors (Lipinski definition) is 4. The minimum absolute atomic E-state index is 0.0358. The molecule has 0 radical (unpaired) electrons. The van der Waals surface area contributed by atoms with Gasteiger partial charge in [-0.15, -0.1) is 0 Å². The maximum absolute atomic E-state index is 14.1. The molecule has 0 aliphatic heterocycles. The average molecular weight is 413 g/mol. The molecule has 0 aliphatic rings. The Morgan fingerprint density at radius 2 is 1.63 bits per heavy atom. The largest absolute Gasteiger partial charge is 0.392 e. The number of aliphatic hydroxyl groups is 1. The van der Waals surface area contributed by atoms with Gasteiger partial charge in [-0.3, -0.25) is 4.57 Å². The van der Waals surface area contributed by atoms with Gasteiger partial charge in [-0.25, -0.2) is 0 Å². The highest BCUT2D eigenvalue weighted by molar-refractivity contribution is 7.59. The van der Waals surface area contributed by atoms with Crippen molar-refractivity contribution in [3.05, 3.63) is 42.0 Å². The van der Waals surface area contributed by atoms with Gasteiger partial charge in [-0.1, -0.05) is 82.4 Å². The number of benzene rings is 1. The van der Waals surface area contributed by atoms with Crippen molar-refractivity contribution >= 4 is 21.7 Å². The lowest BCUT2D eigenvalue weighted by Crippen LogP contribution is -2.60. The van der Waals surface area contributed by atoms with Crippen molar-refractivity contribution in [1.29, 1.82) is 0 Å². The van der Waals surface area contributed by atoms with E-state index in [0.29, 0.717) is 0 Å². The van der Waals surface area contributed by atoms with E-state index in [2.05, 4.69) is 19.6 Å². The van der Waals surface area contributed by atoms with E-state index in [1.165, 1.54) is 0 Å². The molecule has 4 nitrogen and oxygen atoms in total. The first-order valence-electron chi connectivity index (χ1n) is 9.91. The van der Waals surface area contributed by atoms with Crippen molar-refractivity contribution in [3.8, 4) is 0 Å². The van der Waals surface area contributed by atoms with Crippen LogP contribution >= 0.6 is 7.60 Å². The number of rotatable bonds is 11. The SMILES string of the molecule is CCOP(=O)(OCC)C(/C=C/c1ccccc1)(C(O)C(C)CC)[Si](C)(C)C. The quantitative estimate of drug-likeness (QED) is 0.358. The first-order chi connectivity index (χ1) is 12.6. The second-order valence-corrected chi connectivity index (χ2v) is 16.0. The van der Waals surface area contributed by atoms with Gasteiger partial charge < -0.3 is 14.2 Å². The van der Waals surface area contributed by atoms with Crippen LogP contribution in [0, 0.1) is 5.92 Å². The zero-order valence-corrected chi connectivity index (χ0v) is 19.8. The Kier molecular flexibility index (Phi) is 9.17. The maximum atomic E-state index is 14.1. The smallest absolute Gasteiger partial charge is 0.340 e. The zero-order chi connectivity index (χ0) is 20.7. The molecule has 1 rings (SSSR count). The van der Waals surface area contributed by atoms with Gasteiger partial charge in [-0.05, 0) is 25.3 Å². The van der Waals surface area contributed by atoms with Crippen molar-refractivity contribution in [1.82, 2.24) is 0 Å². The minimum atomic E-state index is -3.62. The van der Waals surface area contributed by atoms with Crippen LogP contribution in [0.1, 0.15) is 39.7 Å². The molecule has 0 fully saturated rings. The maximum Gasteiger partial charge on any atom is 0.340 e. The molecule has 1 N–H and O–H groups in total. The molecular weight excluding hydrogens is 375 g/mol. The monoisotopic (exact) mass is 412 g/mol. The predicted octanol–water partition coefficient (Wildman–Crippen LogP) is 5.99. The molecule has 0 saturated heterocycles. The molecule has 0 aliphatic carbocycles. The average Bonchev–Trinajstić information content (AvgIpc) is 2.61. The highest BCUT2D eigenvalue weighted by Gasteiger charge is 2.62. The normalized spacial score (nSPS) is 17.6. The summed E-state index contributed by atoms with van der Waals surface area (Å²) < 4.78 is 24.7.